The smallest absolute Gasteiger partial charge is 0.0416 e. The Labute approximate surface area is 86.1 Å². The van der Waals surface area contributed by atoms with Crippen LogP contribution in [0.1, 0.15) is 31.2 Å². The van der Waals surface area contributed by atoms with Crippen LogP contribution in [0.25, 0.3) is 0 Å². The highest BCUT2D eigenvalue weighted by Gasteiger charge is 2.14. The summed E-state index contributed by atoms with van der Waals surface area (Å²) in [5.74, 6) is 0.565. The lowest BCUT2D eigenvalue weighted by molar-refractivity contribution is 0.462. The molecule has 0 spiro atoms. The Morgan fingerprint density at radius 1 is 1.67 bits per heavy atom. The van der Waals surface area contributed by atoms with Crippen LogP contribution in [0.4, 0.5) is 0 Å². The summed E-state index contributed by atoms with van der Waals surface area (Å²) in [5, 5.41) is 2.08. The van der Waals surface area contributed by atoms with Gasteiger partial charge in [-0.2, -0.15) is 0 Å². The fourth-order valence-corrected chi connectivity index (χ4v) is 2.62. The van der Waals surface area contributed by atoms with Gasteiger partial charge in [0.25, 0.3) is 0 Å². The molecule has 2 N–H and O–H groups in total. The van der Waals surface area contributed by atoms with Gasteiger partial charge in [-0.25, -0.2) is 0 Å². The standard InChI is InChI=1S/C9H14BrNS/c1-3-6(2)9(11)8-4-7(10)5-12-8/h4-6,9H,3,11H2,1-2H3. The molecule has 0 amide bonds. The highest BCUT2D eigenvalue weighted by Crippen LogP contribution is 2.29. The molecule has 3 heteroatoms. The molecule has 1 aromatic heterocycles. The zero-order chi connectivity index (χ0) is 9.14. The van der Waals surface area contributed by atoms with Crippen molar-refractivity contribution in [1.82, 2.24) is 0 Å². The summed E-state index contributed by atoms with van der Waals surface area (Å²) in [7, 11) is 0. The molecule has 0 aromatic carbocycles. The Morgan fingerprint density at radius 3 is 2.75 bits per heavy atom. The van der Waals surface area contributed by atoms with Gasteiger partial charge in [0.15, 0.2) is 0 Å². The van der Waals surface area contributed by atoms with Crippen molar-refractivity contribution in [2.45, 2.75) is 26.3 Å². The largest absolute Gasteiger partial charge is 0.323 e. The molecule has 0 aliphatic carbocycles. The summed E-state index contributed by atoms with van der Waals surface area (Å²) >= 11 is 5.16. The molecule has 12 heavy (non-hydrogen) atoms. The number of hydrogen-bond acceptors (Lipinski definition) is 2. The first-order valence-electron chi connectivity index (χ1n) is 4.14. The predicted molar refractivity (Wildman–Crippen MR) is 58.4 cm³/mol. The second-order valence-electron chi connectivity index (χ2n) is 3.08. The molecule has 2 unspecified atom stereocenters. The average Bonchev–Trinajstić information content (AvgIpc) is 2.49. The molecule has 2 atom stereocenters. The van der Waals surface area contributed by atoms with Crippen LogP contribution in [0.5, 0.6) is 0 Å². The first-order chi connectivity index (χ1) is 5.65. The van der Waals surface area contributed by atoms with Gasteiger partial charge in [0, 0.05) is 20.8 Å². The molecular weight excluding hydrogens is 234 g/mol. The van der Waals surface area contributed by atoms with Crippen LogP contribution in [0.15, 0.2) is 15.9 Å². The van der Waals surface area contributed by atoms with E-state index in [0.717, 1.165) is 10.9 Å². The number of nitrogens with two attached hydrogens (primary N) is 1. The van der Waals surface area contributed by atoms with Gasteiger partial charge < -0.3 is 5.73 Å². The quantitative estimate of drug-likeness (QED) is 0.869. The molecule has 0 fully saturated rings. The molecule has 0 aliphatic rings. The summed E-state index contributed by atoms with van der Waals surface area (Å²) in [6, 6.07) is 2.31. The third kappa shape index (κ3) is 2.31. The number of hydrogen-bond donors (Lipinski definition) is 1. The van der Waals surface area contributed by atoms with E-state index < -0.39 is 0 Å². The highest BCUT2D eigenvalue weighted by atomic mass is 79.9. The molecule has 68 valence electrons. The summed E-state index contributed by atoms with van der Waals surface area (Å²) < 4.78 is 1.14. The van der Waals surface area contributed by atoms with Crippen LogP contribution in [0.3, 0.4) is 0 Å². The Morgan fingerprint density at radius 2 is 2.33 bits per heavy atom. The lowest BCUT2D eigenvalue weighted by atomic mass is 9.99. The van der Waals surface area contributed by atoms with E-state index >= 15 is 0 Å². The van der Waals surface area contributed by atoms with E-state index in [2.05, 4.69) is 41.2 Å². The maximum Gasteiger partial charge on any atom is 0.0416 e. The zero-order valence-corrected chi connectivity index (χ0v) is 9.78. The van der Waals surface area contributed by atoms with Crippen molar-refractivity contribution in [1.29, 1.82) is 0 Å². The highest BCUT2D eigenvalue weighted by molar-refractivity contribution is 9.10. The van der Waals surface area contributed by atoms with Crippen molar-refractivity contribution < 1.29 is 0 Å². The van der Waals surface area contributed by atoms with Gasteiger partial charge in [-0.15, -0.1) is 11.3 Å². The van der Waals surface area contributed by atoms with Crippen molar-refractivity contribution in [3.05, 3.63) is 20.8 Å². The number of rotatable bonds is 3. The predicted octanol–water partition coefficient (Wildman–Crippen LogP) is 3.56. The van der Waals surface area contributed by atoms with Crippen molar-refractivity contribution in [3.63, 3.8) is 0 Å². The van der Waals surface area contributed by atoms with E-state index in [9.17, 15) is 0 Å². The second kappa shape index (κ2) is 4.40. The Balaban J connectivity index is 2.70. The molecule has 0 saturated carbocycles. The molecule has 0 saturated heterocycles. The van der Waals surface area contributed by atoms with E-state index in [1.54, 1.807) is 11.3 Å². The van der Waals surface area contributed by atoms with Gasteiger partial charge in [0.2, 0.25) is 0 Å². The average molecular weight is 248 g/mol. The molecule has 1 rings (SSSR count). The van der Waals surface area contributed by atoms with Gasteiger partial charge in [0.05, 0.1) is 0 Å². The summed E-state index contributed by atoms with van der Waals surface area (Å²) in [5.41, 5.74) is 6.05. The normalized spacial score (nSPS) is 16.0. The minimum Gasteiger partial charge on any atom is -0.323 e. The lowest BCUT2D eigenvalue weighted by Gasteiger charge is -2.16. The number of halogens is 1. The van der Waals surface area contributed by atoms with E-state index in [-0.39, 0.29) is 6.04 Å². The molecule has 0 bridgehead atoms. The van der Waals surface area contributed by atoms with Gasteiger partial charge in [0.1, 0.15) is 0 Å². The van der Waals surface area contributed by atoms with Crippen LogP contribution >= 0.6 is 27.3 Å². The van der Waals surface area contributed by atoms with Gasteiger partial charge >= 0.3 is 0 Å². The van der Waals surface area contributed by atoms with E-state index in [1.807, 2.05) is 0 Å². The molecule has 1 nitrogen and oxygen atoms in total. The third-order valence-electron chi connectivity index (χ3n) is 2.17. The minimum atomic E-state index is 0.200. The van der Waals surface area contributed by atoms with Crippen LogP contribution in [0.2, 0.25) is 0 Å². The van der Waals surface area contributed by atoms with Gasteiger partial charge in [-0.05, 0) is 27.9 Å². The maximum absolute atomic E-state index is 6.05. The van der Waals surface area contributed by atoms with E-state index in [1.165, 1.54) is 4.88 Å². The first-order valence-corrected chi connectivity index (χ1v) is 5.82. The summed E-state index contributed by atoms with van der Waals surface area (Å²) in [6.07, 6.45) is 1.14. The maximum atomic E-state index is 6.05. The Kier molecular flexibility index (Phi) is 3.75. The fraction of sp³-hybridized carbons (Fsp3) is 0.556. The van der Waals surface area contributed by atoms with Crippen LogP contribution < -0.4 is 5.73 Å². The monoisotopic (exact) mass is 247 g/mol. The SMILES string of the molecule is CCC(C)C(N)c1cc(Br)cs1. The van der Waals surface area contributed by atoms with Crippen molar-refractivity contribution in [2.75, 3.05) is 0 Å². The van der Waals surface area contributed by atoms with Crippen LogP contribution in [0, 0.1) is 5.92 Å². The third-order valence-corrected chi connectivity index (χ3v) is 3.97. The Hall–Kier alpha value is 0.140. The van der Waals surface area contributed by atoms with Gasteiger partial charge in [-0.3, -0.25) is 0 Å². The molecular formula is C9H14BrNS. The van der Waals surface area contributed by atoms with E-state index in [0.29, 0.717) is 5.92 Å². The molecule has 1 aromatic rings. The van der Waals surface area contributed by atoms with Crippen LogP contribution in [-0.2, 0) is 0 Å². The first kappa shape index (κ1) is 10.2. The molecule has 1 heterocycles. The van der Waals surface area contributed by atoms with Crippen LogP contribution in [-0.4, -0.2) is 0 Å². The fourth-order valence-electron chi connectivity index (χ4n) is 1.04. The second-order valence-corrected chi connectivity index (χ2v) is 4.94. The molecule has 0 aliphatic heterocycles. The lowest BCUT2D eigenvalue weighted by Crippen LogP contribution is -2.16. The summed E-state index contributed by atoms with van der Waals surface area (Å²) in [4.78, 5) is 1.27. The minimum absolute atomic E-state index is 0.200. The summed E-state index contributed by atoms with van der Waals surface area (Å²) in [6.45, 7) is 4.37. The Bertz CT molecular complexity index is 246. The topological polar surface area (TPSA) is 26.0 Å². The van der Waals surface area contributed by atoms with Crippen molar-refractivity contribution >= 4 is 27.3 Å². The van der Waals surface area contributed by atoms with Crippen molar-refractivity contribution in [3.8, 4) is 0 Å². The van der Waals surface area contributed by atoms with Crippen molar-refractivity contribution in [2.24, 2.45) is 11.7 Å². The zero-order valence-electron chi connectivity index (χ0n) is 7.38. The number of thiophene rings is 1. The van der Waals surface area contributed by atoms with E-state index in [4.69, 9.17) is 5.73 Å². The van der Waals surface area contributed by atoms with Gasteiger partial charge in [-0.1, -0.05) is 20.3 Å². The molecule has 0 radical (unpaired) electrons.